The van der Waals surface area contributed by atoms with Crippen molar-refractivity contribution in [2.45, 2.75) is 6.92 Å². The summed E-state index contributed by atoms with van der Waals surface area (Å²) >= 11 is 3.43. The van der Waals surface area contributed by atoms with Gasteiger partial charge in [0.1, 0.15) is 0 Å². The van der Waals surface area contributed by atoms with E-state index >= 15 is 0 Å². The van der Waals surface area contributed by atoms with Crippen LogP contribution in [-0.2, 0) is 0 Å². The van der Waals surface area contributed by atoms with Gasteiger partial charge in [-0.2, -0.15) is 4.98 Å². The molecule has 0 aliphatic heterocycles. The molecule has 3 aromatic rings. The average Bonchev–Trinajstić information content (AvgIpc) is 2.92. The molecule has 1 aromatic heterocycles. The fraction of sp³-hybridized carbons (Fsp3) is 0.0667. The van der Waals surface area contributed by atoms with E-state index in [0.717, 1.165) is 26.9 Å². The van der Waals surface area contributed by atoms with Crippen molar-refractivity contribution in [1.29, 1.82) is 0 Å². The monoisotopic (exact) mass is 329 g/mol. The van der Waals surface area contributed by atoms with Gasteiger partial charge >= 0.3 is 0 Å². The number of aryl methyl sites for hydroxylation is 1. The summed E-state index contributed by atoms with van der Waals surface area (Å²) in [7, 11) is 0. The molecule has 100 valence electrons. The predicted octanol–water partition coefficient (Wildman–Crippen LogP) is 4.06. The van der Waals surface area contributed by atoms with Crippen molar-refractivity contribution in [2.24, 2.45) is 0 Å². The molecule has 0 fully saturated rings. The fourth-order valence-electron chi connectivity index (χ4n) is 1.89. The Hall–Kier alpha value is -2.14. The number of benzene rings is 2. The Balaban J connectivity index is 1.99. The van der Waals surface area contributed by atoms with E-state index in [1.165, 1.54) is 0 Å². The summed E-state index contributed by atoms with van der Waals surface area (Å²) < 4.78 is 6.30. The molecule has 0 aliphatic rings. The van der Waals surface area contributed by atoms with Crippen molar-refractivity contribution in [3.63, 3.8) is 0 Å². The highest BCUT2D eigenvalue weighted by molar-refractivity contribution is 9.10. The largest absolute Gasteiger partial charge is 0.399 e. The molecular formula is C15H12BrN3O. The Morgan fingerprint density at radius 1 is 1.10 bits per heavy atom. The van der Waals surface area contributed by atoms with Crippen molar-refractivity contribution in [2.75, 3.05) is 5.73 Å². The van der Waals surface area contributed by atoms with E-state index in [4.69, 9.17) is 10.3 Å². The molecule has 0 amide bonds. The molecule has 1 heterocycles. The standard InChI is InChI=1S/C15H12BrN3O/c1-9-7-11(5-6-13(9)17)15-18-14(19-20-15)10-3-2-4-12(16)8-10/h2-8H,17H2,1H3. The van der Waals surface area contributed by atoms with Gasteiger partial charge in [-0.25, -0.2) is 0 Å². The number of hydrogen-bond donors (Lipinski definition) is 1. The van der Waals surface area contributed by atoms with Crippen molar-refractivity contribution >= 4 is 21.6 Å². The zero-order chi connectivity index (χ0) is 14.1. The fourth-order valence-corrected chi connectivity index (χ4v) is 2.29. The minimum absolute atomic E-state index is 0.489. The first-order valence-corrected chi connectivity index (χ1v) is 6.89. The quantitative estimate of drug-likeness (QED) is 0.720. The molecule has 2 aromatic carbocycles. The second-order valence-corrected chi connectivity index (χ2v) is 5.42. The molecule has 0 saturated heterocycles. The van der Waals surface area contributed by atoms with Crippen LogP contribution in [0.4, 0.5) is 5.69 Å². The SMILES string of the molecule is Cc1cc(-c2nc(-c3cccc(Br)c3)no2)ccc1N. The molecule has 0 aliphatic carbocycles. The zero-order valence-corrected chi connectivity index (χ0v) is 12.4. The molecule has 5 heteroatoms. The first kappa shape index (κ1) is 12.9. The number of nitrogens with zero attached hydrogens (tertiary/aromatic N) is 2. The number of aromatic nitrogens is 2. The van der Waals surface area contributed by atoms with Crippen LogP contribution >= 0.6 is 15.9 Å². The molecule has 0 radical (unpaired) electrons. The summed E-state index contributed by atoms with van der Waals surface area (Å²) in [5, 5.41) is 4.02. The summed E-state index contributed by atoms with van der Waals surface area (Å²) in [6.45, 7) is 1.95. The number of hydrogen-bond acceptors (Lipinski definition) is 4. The van der Waals surface area contributed by atoms with Crippen LogP contribution in [0.1, 0.15) is 5.56 Å². The van der Waals surface area contributed by atoms with E-state index in [0.29, 0.717) is 11.7 Å². The topological polar surface area (TPSA) is 64.9 Å². The van der Waals surface area contributed by atoms with Gasteiger partial charge in [0.25, 0.3) is 5.89 Å². The van der Waals surface area contributed by atoms with Gasteiger partial charge in [-0.15, -0.1) is 0 Å². The Morgan fingerprint density at radius 2 is 1.95 bits per heavy atom. The van der Waals surface area contributed by atoms with Gasteiger partial charge in [0.2, 0.25) is 5.82 Å². The third-order valence-electron chi connectivity index (χ3n) is 3.03. The number of nitrogens with two attached hydrogens (primary N) is 1. The van der Waals surface area contributed by atoms with Crippen LogP contribution in [0.5, 0.6) is 0 Å². The van der Waals surface area contributed by atoms with Crippen LogP contribution < -0.4 is 5.73 Å². The smallest absolute Gasteiger partial charge is 0.258 e. The van der Waals surface area contributed by atoms with E-state index in [1.807, 2.05) is 49.4 Å². The maximum absolute atomic E-state index is 5.81. The summed E-state index contributed by atoms with van der Waals surface area (Å²) in [5.41, 5.74) is 9.32. The second-order valence-electron chi connectivity index (χ2n) is 4.50. The predicted molar refractivity (Wildman–Crippen MR) is 82.0 cm³/mol. The van der Waals surface area contributed by atoms with Gasteiger partial charge in [0, 0.05) is 21.3 Å². The second kappa shape index (κ2) is 5.09. The van der Waals surface area contributed by atoms with E-state index in [2.05, 4.69) is 26.1 Å². The van der Waals surface area contributed by atoms with Crippen molar-refractivity contribution < 1.29 is 4.52 Å². The van der Waals surface area contributed by atoms with Crippen LogP contribution in [0, 0.1) is 6.92 Å². The van der Waals surface area contributed by atoms with Gasteiger partial charge < -0.3 is 10.3 Å². The number of halogens is 1. The van der Waals surface area contributed by atoms with Gasteiger partial charge in [-0.3, -0.25) is 0 Å². The summed E-state index contributed by atoms with van der Waals surface area (Å²) in [6.07, 6.45) is 0. The highest BCUT2D eigenvalue weighted by Gasteiger charge is 2.11. The van der Waals surface area contributed by atoms with E-state index in [9.17, 15) is 0 Å². The summed E-state index contributed by atoms with van der Waals surface area (Å²) in [5.74, 6) is 1.05. The lowest BCUT2D eigenvalue weighted by atomic mass is 10.1. The maximum Gasteiger partial charge on any atom is 0.258 e. The van der Waals surface area contributed by atoms with Crippen LogP contribution in [0.2, 0.25) is 0 Å². The molecule has 0 unspecified atom stereocenters. The highest BCUT2D eigenvalue weighted by Crippen LogP contribution is 2.25. The normalized spacial score (nSPS) is 10.7. The number of anilines is 1. The lowest BCUT2D eigenvalue weighted by molar-refractivity contribution is 0.432. The van der Waals surface area contributed by atoms with E-state index in [-0.39, 0.29) is 0 Å². The molecule has 0 spiro atoms. The van der Waals surface area contributed by atoms with E-state index < -0.39 is 0 Å². The van der Waals surface area contributed by atoms with Crippen molar-refractivity contribution in [3.8, 4) is 22.8 Å². The van der Waals surface area contributed by atoms with Crippen LogP contribution in [0.25, 0.3) is 22.8 Å². The molecule has 20 heavy (non-hydrogen) atoms. The van der Waals surface area contributed by atoms with Crippen LogP contribution in [0.3, 0.4) is 0 Å². The Labute approximate surface area is 124 Å². The van der Waals surface area contributed by atoms with Crippen LogP contribution in [-0.4, -0.2) is 10.1 Å². The lowest BCUT2D eigenvalue weighted by Crippen LogP contribution is -1.89. The molecule has 0 atom stereocenters. The summed E-state index contributed by atoms with van der Waals surface area (Å²) in [6, 6.07) is 13.4. The van der Waals surface area contributed by atoms with Gasteiger partial charge in [0.05, 0.1) is 0 Å². The molecule has 0 bridgehead atoms. The van der Waals surface area contributed by atoms with Crippen LogP contribution in [0.15, 0.2) is 51.5 Å². The first-order chi connectivity index (χ1) is 9.63. The summed E-state index contributed by atoms with van der Waals surface area (Å²) in [4.78, 5) is 4.42. The van der Waals surface area contributed by atoms with Gasteiger partial charge in [-0.05, 0) is 42.8 Å². The Morgan fingerprint density at radius 3 is 2.70 bits per heavy atom. The molecule has 4 nitrogen and oxygen atoms in total. The minimum atomic E-state index is 0.489. The molecule has 3 rings (SSSR count). The zero-order valence-electron chi connectivity index (χ0n) is 10.8. The molecular weight excluding hydrogens is 318 g/mol. The van der Waals surface area contributed by atoms with Gasteiger partial charge in [0.15, 0.2) is 0 Å². The van der Waals surface area contributed by atoms with Crippen molar-refractivity contribution in [3.05, 3.63) is 52.5 Å². The molecule has 0 saturated carbocycles. The third kappa shape index (κ3) is 2.44. The minimum Gasteiger partial charge on any atom is -0.399 e. The highest BCUT2D eigenvalue weighted by atomic mass is 79.9. The Kier molecular flexibility index (Phi) is 3.28. The number of rotatable bonds is 2. The third-order valence-corrected chi connectivity index (χ3v) is 3.52. The first-order valence-electron chi connectivity index (χ1n) is 6.09. The Bertz CT molecular complexity index is 767. The molecule has 2 N–H and O–H groups in total. The number of nitrogen functional groups attached to an aromatic ring is 1. The lowest BCUT2D eigenvalue weighted by Gasteiger charge is -2.00. The van der Waals surface area contributed by atoms with Crippen molar-refractivity contribution in [1.82, 2.24) is 10.1 Å². The van der Waals surface area contributed by atoms with Gasteiger partial charge in [-0.1, -0.05) is 33.2 Å². The van der Waals surface area contributed by atoms with E-state index in [1.54, 1.807) is 0 Å². The average molecular weight is 330 g/mol. The maximum atomic E-state index is 5.81.